The summed E-state index contributed by atoms with van der Waals surface area (Å²) in [5, 5.41) is 16.3. The van der Waals surface area contributed by atoms with E-state index in [1.165, 1.54) is 6.92 Å². The van der Waals surface area contributed by atoms with E-state index in [1.54, 1.807) is 13.8 Å². The number of hydrogen-bond acceptors (Lipinski definition) is 6. The van der Waals surface area contributed by atoms with E-state index < -0.39 is 66.1 Å². The van der Waals surface area contributed by atoms with Crippen LogP contribution in [0.1, 0.15) is 47.5 Å². The van der Waals surface area contributed by atoms with E-state index in [2.05, 4.69) is 16.0 Å². The van der Waals surface area contributed by atoms with Crippen LogP contribution in [-0.4, -0.2) is 58.9 Å². The second-order valence-electron chi connectivity index (χ2n) is 7.44. The molecule has 0 bridgehead atoms. The molecule has 0 fully saturated rings. The third-order valence-electron chi connectivity index (χ3n) is 4.58. The molecule has 29 heavy (non-hydrogen) atoms. The van der Waals surface area contributed by atoms with Gasteiger partial charge in [-0.25, -0.2) is 4.79 Å². The van der Waals surface area contributed by atoms with E-state index in [0.717, 1.165) is 0 Å². The maximum atomic E-state index is 12.4. The number of carboxylic acids is 1. The lowest BCUT2D eigenvalue weighted by Gasteiger charge is -2.26. The first-order valence-corrected chi connectivity index (χ1v) is 9.49. The van der Waals surface area contributed by atoms with Gasteiger partial charge in [-0.2, -0.15) is 0 Å². The normalized spacial score (nSPS) is 16.1. The highest BCUT2D eigenvalue weighted by atomic mass is 16.4. The highest BCUT2D eigenvalue weighted by Gasteiger charge is 2.31. The zero-order valence-corrected chi connectivity index (χ0v) is 17.5. The van der Waals surface area contributed by atoms with Crippen LogP contribution in [0, 0.1) is 11.8 Å². The average Bonchev–Trinajstić information content (AvgIpc) is 2.62. The fourth-order valence-electron chi connectivity index (χ4n) is 2.36. The van der Waals surface area contributed by atoms with Crippen molar-refractivity contribution >= 4 is 29.6 Å². The molecule has 8 N–H and O–H groups in total. The number of amides is 4. The van der Waals surface area contributed by atoms with Crippen molar-refractivity contribution < 1.29 is 29.1 Å². The van der Waals surface area contributed by atoms with Crippen LogP contribution < -0.4 is 27.4 Å². The maximum absolute atomic E-state index is 12.4. The van der Waals surface area contributed by atoms with Gasteiger partial charge in [0.2, 0.25) is 23.6 Å². The summed E-state index contributed by atoms with van der Waals surface area (Å²) in [5.41, 5.74) is 10.8. The number of carboxylic acid groups (broad SMARTS) is 1. The van der Waals surface area contributed by atoms with Crippen LogP contribution in [0.25, 0.3) is 0 Å². The van der Waals surface area contributed by atoms with Gasteiger partial charge in [0.05, 0.1) is 12.5 Å². The molecule has 0 spiro atoms. The molecule has 0 aliphatic heterocycles. The van der Waals surface area contributed by atoms with Gasteiger partial charge >= 0.3 is 5.97 Å². The highest BCUT2D eigenvalue weighted by molar-refractivity contribution is 5.94. The molecule has 4 amide bonds. The Balaban J connectivity index is 5.07. The standard InChI is InChI=1S/C18H33N5O6/c1-6-9(4)13(20)16(26)21-10(5)15(25)23-14(8(2)3)17(27)22-11(18(28)29)7-12(19)24/h8-11,13-14H,6-7,20H2,1-5H3,(H2,19,24)(H,21,26)(H,22,27)(H,23,25)(H,28,29). The number of nitrogens with one attached hydrogen (secondary N) is 3. The molecule has 166 valence electrons. The molecule has 0 aromatic heterocycles. The number of nitrogens with two attached hydrogens (primary N) is 2. The van der Waals surface area contributed by atoms with E-state index >= 15 is 0 Å². The lowest BCUT2D eigenvalue weighted by molar-refractivity contribution is -0.144. The number of carbonyl (C=O) groups excluding carboxylic acids is 4. The Bertz CT molecular complexity index is 624. The minimum Gasteiger partial charge on any atom is -0.480 e. The van der Waals surface area contributed by atoms with E-state index in [-0.39, 0.29) is 5.92 Å². The zero-order chi connectivity index (χ0) is 22.9. The Hall–Kier alpha value is -2.69. The van der Waals surface area contributed by atoms with Crippen LogP contribution in [0.15, 0.2) is 0 Å². The van der Waals surface area contributed by atoms with E-state index in [0.29, 0.717) is 6.42 Å². The summed E-state index contributed by atoms with van der Waals surface area (Å²) in [5.74, 6) is -4.69. The van der Waals surface area contributed by atoms with Crippen molar-refractivity contribution in [3.05, 3.63) is 0 Å². The molecule has 0 aliphatic rings. The number of hydrogen-bond donors (Lipinski definition) is 6. The number of primary amides is 1. The summed E-state index contributed by atoms with van der Waals surface area (Å²) in [6, 6.07) is -4.33. The van der Waals surface area contributed by atoms with Gasteiger partial charge < -0.3 is 32.5 Å². The first-order chi connectivity index (χ1) is 13.3. The van der Waals surface area contributed by atoms with Gasteiger partial charge in [0.1, 0.15) is 18.1 Å². The fraction of sp³-hybridized carbons (Fsp3) is 0.722. The summed E-state index contributed by atoms with van der Waals surface area (Å²) in [4.78, 5) is 59.2. The Labute approximate surface area is 170 Å². The van der Waals surface area contributed by atoms with Crippen molar-refractivity contribution in [1.82, 2.24) is 16.0 Å². The van der Waals surface area contributed by atoms with Gasteiger partial charge in [-0.05, 0) is 18.8 Å². The minimum atomic E-state index is -1.51. The monoisotopic (exact) mass is 415 g/mol. The van der Waals surface area contributed by atoms with Gasteiger partial charge in [-0.1, -0.05) is 34.1 Å². The molecular weight excluding hydrogens is 382 g/mol. The van der Waals surface area contributed by atoms with Crippen LogP contribution in [0.3, 0.4) is 0 Å². The molecule has 11 heteroatoms. The smallest absolute Gasteiger partial charge is 0.326 e. The maximum Gasteiger partial charge on any atom is 0.326 e. The van der Waals surface area contributed by atoms with E-state index in [4.69, 9.17) is 16.6 Å². The summed E-state index contributed by atoms with van der Waals surface area (Å²) in [7, 11) is 0. The first-order valence-electron chi connectivity index (χ1n) is 9.49. The van der Waals surface area contributed by atoms with Gasteiger partial charge in [0.25, 0.3) is 0 Å². The molecular formula is C18H33N5O6. The van der Waals surface area contributed by atoms with Crippen LogP contribution >= 0.6 is 0 Å². The Morgan fingerprint density at radius 3 is 1.86 bits per heavy atom. The molecule has 5 unspecified atom stereocenters. The summed E-state index contributed by atoms with van der Waals surface area (Å²) in [6.45, 7) is 8.45. The molecule has 0 rings (SSSR count). The Morgan fingerprint density at radius 1 is 0.897 bits per heavy atom. The molecule has 0 heterocycles. The average molecular weight is 415 g/mol. The number of rotatable bonds is 12. The third kappa shape index (κ3) is 8.90. The van der Waals surface area contributed by atoms with Crippen molar-refractivity contribution in [2.75, 3.05) is 0 Å². The summed E-state index contributed by atoms with van der Waals surface area (Å²) in [6.07, 6.45) is 0.112. The molecule has 0 aromatic rings. The number of carbonyl (C=O) groups is 5. The Kier molecular flexibility index (Phi) is 10.9. The van der Waals surface area contributed by atoms with Crippen LogP contribution in [0.4, 0.5) is 0 Å². The lowest BCUT2D eigenvalue weighted by Crippen LogP contribution is -2.58. The molecule has 0 saturated heterocycles. The summed E-state index contributed by atoms with van der Waals surface area (Å²) >= 11 is 0. The van der Waals surface area contributed by atoms with Crippen molar-refractivity contribution in [1.29, 1.82) is 0 Å². The van der Waals surface area contributed by atoms with Gasteiger partial charge in [-0.3, -0.25) is 19.2 Å². The molecule has 0 aromatic carbocycles. The SMILES string of the molecule is CCC(C)C(N)C(=O)NC(C)C(=O)NC(C(=O)NC(CC(N)=O)C(=O)O)C(C)C. The van der Waals surface area contributed by atoms with Crippen molar-refractivity contribution in [2.45, 2.75) is 71.6 Å². The van der Waals surface area contributed by atoms with Crippen LogP contribution in [0.5, 0.6) is 0 Å². The molecule has 11 nitrogen and oxygen atoms in total. The van der Waals surface area contributed by atoms with Gasteiger partial charge in [0, 0.05) is 0 Å². The van der Waals surface area contributed by atoms with E-state index in [9.17, 15) is 24.0 Å². The summed E-state index contributed by atoms with van der Waals surface area (Å²) < 4.78 is 0. The number of aliphatic carboxylic acids is 1. The molecule has 0 aliphatic carbocycles. The topological polar surface area (TPSA) is 194 Å². The predicted molar refractivity (Wildman–Crippen MR) is 105 cm³/mol. The Morgan fingerprint density at radius 2 is 1.45 bits per heavy atom. The largest absolute Gasteiger partial charge is 0.480 e. The molecule has 5 atom stereocenters. The molecule has 0 saturated carbocycles. The van der Waals surface area contributed by atoms with Crippen LogP contribution in [0.2, 0.25) is 0 Å². The van der Waals surface area contributed by atoms with Gasteiger partial charge in [0.15, 0.2) is 0 Å². The van der Waals surface area contributed by atoms with Crippen molar-refractivity contribution in [2.24, 2.45) is 23.3 Å². The predicted octanol–water partition coefficient (Wildman–Crippen LogP) is -1.55. The van der Waals surface area contributed by atoms with E-state index in [1.807, 2.05) is 13.8 Å². The van der Waals surface area contributed by atoms with Crippen molar-refractivity contribution in [3.8, 4) is 0 Å². The minimum absolute atomic E-state index is 0.0716. The second-order valence-corrected chi connectivity index (χ2v) is 7.44. The fourth-order valence-corrected chi connectivity index (χ4v) is 2.36. The molecule has 0 radical (unpaired) electrons. The highest BCUT2D eigenvalue weighted by Crippen LogP contribution is 2.07. The van der Waals surface area contributed by atoms with Crippen LogP contribution in [-0.2, 0) is 24.0 Å². The zero-order valence-electron chi connectivity index (χ0n) is 17.5. The van der Waals surface area contributed by atoms with Gasteiger partial charge in [-0.15, -0.1) is 0 Å². The third-order valence-corrected chi connectivity index (χ3v) is 4.58. The van der Waals surface area contributed by atoms with Crippen molar-refractivity contribution in [3.63, 3.8) is 0 Å². The second kappa shape index (κ2) is 12.0. The first kappa shape index (κ1) is 26.3. The lowest BCUT2D eigenvalue weighted by atomic mass is 9.99. The quantitative estimate of drug-likeness (QED) is 0.222.